The highest BCUT2D eigenvalue weighted by Gasteiger charge is 2.33. The third-order valence-corrected chi connectivity index (χ3v) is 3.59. The zero-order valence-electron chi connectivity index (χ0n) is 13.5. The number of rotatable bonds is 5. The molecule has 6 heteroatoms. The van der Waals surface area contributed by atoms with Gasteiger partial charge in [-0.15, -0.1) is 0 Å². The van der Waals surface area contributed by atoms with E-state index in [4.69, 9.17) is 0 Å². The van der Waals surface area contributed by atoms with Crippen LogP contribution in [-0.2, 0) is 11.0 Å². The molecule has 0 atom stereocenters. The number of nitrogens with zero attached hydrogens (tertiary/aromatic N) is 1. The second-order valence-electron chi connectivity index (χ2n) is 5.37. The minimum absolute atomic E-state index is 0.0985. The molecule has 0 spiro atoms. The van der Waals surface area contributed by atoms with E-state index in [0.717, 1.165) is 17.3 Å². The average molecular weight is 336 g/mol. The van der Waals surface area contributed by atoms with E-state index in [1.165, 1.54) is 23.1 Å². The Hall–Kier alpha value is -2.50. The van der Waals surface area contributed by atoms with E-state index in [1.807, 2.05) is 32.0 Å². The number of carbonyl (C=O) groups is 1. The van der Waals surface area contributed by atoms with Gasteiger partial charge < -0.3 is 10.2 Å². The van der Waals surface area contributed by atoms with E-state index in [9.17, 15) is 18.0 Å². The molecule has 3 nitrogen and oxygen atoms in total. The second-order valence-corrected chi connectivity index (χ2v) is 5.37. The van der Waals surface area contributed by atoms with Gasteiger partial charge in [-0.1, -0.05) is 24.3 Å². The predicted octanol–water partition coefficient (Wildman–Crippen LogP) is 4.48. The molecule has 2 aromatic rings. The number of alkyl halides is 3. The van der Waals surface area contributed by atoms with Gasteiger partial charge in [-0.3, -0.25) is 4.79 Å². The van der Waals surface area contributed by atoms with Gasteiger partial charge in [0.25, 0.3) is 0 Å². The van der Waals surface area contributed by atoms with Gasteiger partial charge in [0.2, 0.25) is 5.91 Å². The first kappa shape index (κ1) is 17.8. The molecule has 0 aliphatic heterocycles. The lowest BCUT2D eigenvalue weighted by molar-refractivity contribution is -0.137. The van der Waals surface area contributed by atoms with E-state index in [0.29, 0.717) is 6.54 Å². The zero-order valence-corrected chi connectivity index (χ0v) is 13.5. The Balaban J connectivity index is 2.13. The molecule has 0 saturated carbocycles. The molecule has 1 N–H and O–H groups in total. The lowest BCUT2D eigenvalue weighted by atomic mass is 10.1. The SMILES string of the molecule is CCN(C(=O)CNc1ccccc1C(F)(F)F)c1cccc(C)c1. The summed E-state index contributed by atoms with van der Waals surface area (Å²) in [6, 6.07) is 12.6. The first-order valence-corrected chi connectivity index (χ1v) is 7.60. The van der Waals surface area contributed by atoms with Gasteiger partial charge in [-0.25, -0.2) is 0 Å². The van der Waals surface area contributed by atoms with E-state index < -0.39 is 11.7 Å². The van der Waals surface area contributed by atoms with Gasteiger partial charge in [-0.2, -0.15) is 13.2 Å². The van der Waals surface area contributed by atoms with Crippen molar-refractivity contribution in [1.82, 2.24) is 0 Å². The molecular weight excluding hydrogens is 317 g/mol. The van der Waals surface area contributed by atoms with Gasteiger partial charge >= 0.3 is 6.18 Å². The van der Waals surface area contributed by atoms with E-state index in [2.05, 4.69) is 5.32 Å². The van der Waals surface area contributed by atoms with Crippen LogP contribution in [0.1, 0.15) is 18.1 Å². The Kier molecular flexibility index (Phi) is 5.49. The summed E-state index contributed by atoms with van der Waals surface area (Å²) in [5.74, 6) is -0.292. The second kappa shape index (κ2) is 7.38. The summed E-state index contributed by atoms with van der Waals surface area (Å²) in [5.41, 5.74) is 0.859. The van der Waals surface area contributed by atoms with Crippen LogP contribution in [0.3, 0.4) is 0 Å². The quantitative estimate of drug-likeness (QED) is 0.873. The smallest absolute Gasteiger partial charge is 0.376 e. The normalized spacial score (nSPS) is 11.2. The van der Waals surface area contributed by atoms with Crippen LogP contribution in [0.15, 0.2) is 48.5 Å². The molecule has 0 fully saturated rings. The van der Waals surface area contributed by atoms with Crippen LogP contribution in [0.5, 0.6) is 0 Å². The number of halogens is 3. The molecule has 0 aliphatic carbocycles. The minimum Gasteiger partial charge on any atom is -0.376 e. The summed E-state index contributed by atoms with van der Waals surface area (Å²) in [5, 5.41) is 2.61. The molecule has 0 radical (unpaired) electrons. The first-order valence-electron chi connectivity index (χ1n) is 7.60. The Morgan fingerprint density at radius 2 is 1.83 bits per heavy atom. The van der Waals surface area contributed by atoms with Crippen LogP contribution in [-0.4, -0.2) is 19.0 Å². The van der Waals surface area contributed by atoms with Crippen molar-refractivity contribution in [1.29, 1.82) is 0 Å². The number of carbonyl (C=O) groups excluding carboxylic acids is 1. The van der Waals surface area contributed by atoms with Gasteiger partial charge in [-0.05, 0) is 43.7 Å². The van der Waals surface area contributed by atoms with Crippen molar-refractivity contribution in [2.75, 3.05) is 23.3 Å². The third kappa shape index (κ3) is 4.28. The largest absolute Gasteiger partial charge is 0.418 e. The number of nitrogens with one attached hydrogen (secondary N) is 1. The van der Waals surface area contributed by atoms with E-state index >= 15 is 0 Å². The number of benzene rings is 2. The number of anilines is 2. The summed E-state index contributed by atoms with van der Waals surface area (Å²) >= 11 is 0. The third-order valence-electron chi connectivity index (χ3n) is 3.59. The Labute approximate surface area is 139 Å². The van der Waals surface area contributed by atoms with Crippen molar-refractivity contribution in [2.24, 2.45) is 0 Å². The molecule has 24 heavy (non-hydrogen) atoms. The number of likely N-dealkylation sites (N-methyl/N-ethyl adjacent to an activating group) is 1. The molecule has 0 aliphatic rings. The van der Waals surface area contributed by atoms with Crippen LogP contribution in [0, 0.1) is 6.92 Å². The van der Waals surface area contributed by atoms with E-state index in [1.54, 1.807) is 6.07 Å². The molecule has 2 aromatic carbocycles. The zero-order chi connectivity index (χ0) is 17.7. The standard InChI is InChI=1S/C18H19F3N2O/c1-3-23(14-8-6-7-13(2)11-14)17(24)12-22-16-10-5-4-9-15(16)18(19,20)21/h4-11,22H,3,12H2,1-2H3. The molecule has 0 aromatic heterocycles. The Bertz CT molecular complexity index is 713. The van der Waals surface area contributed by atoms with Crippen LogP contribution in [0.2, 0.25) is 0 Å². The fraction of sp³-hybridized carbons (Fsp3) is 0.278. The van der Waals surface area contributed by atoms with Gasteiger partial charge in [0.1, 0.15) is 0 Å². The van der Waals surface area contributed by atoms with Crippen molar-refractivity contribution < 1.29 is 18.0 Å². The average Bonchev–Trinajstić information content (AvgIpc) is 2.53. The predicted molar refractivity (Wildman–Crippen MR) is 89.1 cm³/mol. The van der Waals surface area contributed by atoms with Crippen LogP contribution >= 0.6 is 0 Å². The van der Waals surface area contributed by atoms with E-state index in [-0.39, 0.29) is 18.1 Å². The number of hydrogen-bond acceptors (Lipinski definition) is 2. The fourth-order valence-corrected chi connectivity index (χ4v) is 2.45. The highest BCUT2D eigenvalue weighted by Crippen LogP contribution is 2.34. The number of aryl methyl sites for hydroxylation is 1. The topological polar surface area (TPSA) is 32.3 Å². The molecule has 0 saturated heterocycles. The molecule has 1 amide bonds. The minimum atomic E-state index is -4.46. The van der Waals surface area contributed by atoms with Crippen molar-refractivity contribution in [3.8, 4) is 0 Å². The van der Waals surface area contributed by atoms with Crippen molar-refractivity contribution >= 4 is 17.3 Å². The van der Waals surface area contributed by atoms with Crippen molar-refractivity contribution in [3.05, 3.63) is 59.7 Å². The summed E-state index contributed by atoms with van der Waals surface area (Å²) in [6.45, 7) is 3.96. The highest BCUT2D eigenvalue weighted by molar-refractivity contribution is 5.96. The Morgan fingerprint density at radius 3 is 2.46 bits per heavy atom. The lowest BCUT2D eigenvalue weighted by Gasteiger charge is -2.22. The molecule has 0 unspecified atom stereocenters. The molecular formula is C18H19F3N2O. The van der Waals surface area contributed by atoms with Gasteiger partial charge in [0, 0.05) is 17.9 Å². The number of para-hydroxylation sites is 1. The maximum Gasteiger partial charge on any atom is 0.418 e. The van der Waals surface area contributed by atoms with Crippen molar-refractivity contribution in [3.63, 3.8) is 0 Å². The molecule has 0 heterocycles. The monoisotopic (exact) mass is 336 g/mol. The Morgan fingerprint density at radius 1 is 1.12 bits per heavy atom. The van der Waals surface area contributed by atoms with Gasteiger partial charge in [0.15, 0.2) is 0 Å². The summed E-state index contributed by atoms with van der Waals surface area (Å²) < 4.78 is 38.9. The van der Waals surface area contributed by atoms with Crippen LogP contribution in [0.4, 0.5) is 24.5 Å². The van der Waals surface area contributed by atoms with Crippen LogP contribution < -0.4 is 10.2 Å². The van der Waals surface area contributed by atoms with Crippen molar-refractivity contribution in [2.45, 2.75) is 20.0 Å². The molecule has 0 bridgehead atoms. The fourth-order valence-electron chi connectivity index (χ4n) is 2.45. The molecule has 2 rings (SSSR count). The van der Waals surface area contributed by atoms with Crippen LogP contribution in [0.25, 0.3) is 0 Å². The van der Waals surface area contributed by atoms with Gasteiger partial charge in [0.05, 0.1) is 12.1 Å². The maximum atomic E-state index is 13.0. The summed E-state index contributed by atoms with van der Waals surface area (Å²) in [4.78, 5) is 13.9. The first-order chi connectivity index (χ1) is 11.3. The lowest BCUT2D eigenvalue weighted by Crippen LogP contribution is -2.35. The summed E-state index contributed by atoms with van der Waals surface area (Å²) in [6.07, 6.45) is -4.46. The highest BCUT2D eigenvalue weighted by atomic mass is 19.4. The maximum absolute atomic E-state index is 13.0. The summed E-state index contributed by atoms with van der Waals surface area (Å²) in [7, 11) is 0. The number of hydrogen-bond donors (Lipinski definition) is 1. The number of amides is 1. The molecule has 128 valence electrons.